The molecule has 22 heavy (non-hydrogen) atoms. The van der Waals surface area contributed by atoms with E-state index < -0.39 is 17.3 Å². The van der Waals surface area contributed by atoms with E-state index in [-0.39, 0.29) is 5.02 Å². The lowest BCUT2D eigenvalue weighted by molar-refractivity contribution is -0.146. The minimum atomic E-state index is -1.09. The van der Waals surface area contributed by atoms with E-state index in [4.69, 9.17) is 16.3 Å². The summed E-state index contributed by atoms with van der Waals surface area (Å²) in [4.78, 5) is 12.5. The lowest BCUT2D eigenvalue weighted by Gasteiger charge is -2.27. The molecule has 0 radical (unpaired) electrons. The predicted molar refractivity (Wildman–Crippen MR) is 86.6 cm³/mol. The van der Waals surface area contributed by atoms with E-state index in [1.54, 1.807) is 0 Å². The number of carbonyl (C=O) groups is 1. The van der Waals surface area contributed by atoms with Gasteiger partial charge in [0.15, 0.2) is 5.54 Å². The molecule has 6 heteroatoms. The second kappa shape index (κ2) is 5.56. The maximum atomic E-state index is 13.9. The third-order valence-electron chi connectivity index (χ3n) is 3.85. The molecular formula is C16H12BrClFNO2. The molecule has 1 atom stereocenters. The first-order valence-electron chi connectivity index (χ1n) is 6.58. The Bertz CT molecular complexity index is 754. The Morgan fingerprint density at radius 2 is 2.09 bits per heavy atom. The second-order valence-electron chi connectivity index (χ2n) is 5.08. The number of fused-ring (bicyclic) bond motifs is 1. The summed E-state index contributed by atoms with van der Waals surface area (Å²) < 4.78 is 19.3. The van der Waals surface area contributed by atoms with Crippen LogP contribution in [0, 0.1) is 5.82 Å². The molecular weight excluding hydrogens is 373 g/mol. The summed E-state index contributed by atoms with van der Waals surface area (Å²) >= 11 is 9.26. The van der Waals surface area contributed by atoms with Gasteiger partial charge >= 0.3 is 5.97 Å². The van der Waals surface area contributed by atoms with Crippen LogP contribution in [0.5, 0.6) is 0 Å². The molecule has 2 aromatic rings. The fourth-order valence-electron chi connectivity index (χ4n) is 2.77. The van der Waals surface area contributed by atoms with E-state index in [0.717, 1.165) is 11.1 Å². The van der Waals surface area contributed by atoms with Crippen molar-refractivity contribution < 1.29 is 13.9 Å². The predicted octanol–water partition coefficient (Wildman–Crippen LogP) is 4.28. The Morgan fingerprint density at radius 3 is 2.73 bits per heavy atom. The Kier molecular flexibility index (Phi) is 3.87. The summed E-state index contributed by atoms with van der Waals surface area (Å²) in [5, 5.41) is 3.13. The maximum Gasteiger partial charge on any atom is 0.336 e. The molecule has 1 heterocycles. The van der Waals surface area contributed by atoms with E-state index in [1.165, 1.54) is 13.2 Å². The van der Waals surface area contributed by atoms with Crippen LogP contribution in [-0.2, 0) is 21.5 Å². The van der Waals surface area contributed by atoms with E-state index in [0.29, 0.717) is 16.6 Å². The largest absolute Gasteiger partial charge is 0.467 e. The number of benzene rings is 2. The van der Waals surface area contributed by atoms with Gasteiger partial charge in [0, 0.05) is 16.6 Å². The van der Waals surface area contributed by atoms with Crippen molar-refractivity contribution in [3.63, 3.8) is 0 Å². The molecule has 3 nitrogen and oxygen atoms in total. The van der Waals surface area contributed by atoms with Crippen molar-refractivity contribution in [2.75, 3.05) is 12.4 Å². The summed E-state index contributed by atoms with van der Waals surface area (Å²) in [6.45, 7) is 0. The maximum absolute atomic E-state index is 13.9. The van der Waals surface area contributed by atoms with Gasteiger partial charge < -0.3 is 10.1 Å². The van der Waals surface area contributed by atoms with Gasteiger partial charge in [-0.1, -0.05) is 41.9 Å². The van der Waals surface area contributed by atoms with Gasteiger partial charge in [0.1, 0.15) is 5.82 Å². The third kappa shape index (κ3) is 2.20. The highest BCUT2D eigenvalue weighted by atomic mass is 79.9. The van der Waals surface area contributed by atoms with E-state index in [2.05, 4.69) is 21.2 Å². The van der Waals surface area contributed by atoms with Gasteiger partial charge in [-0.3, -0.25) is 0 Å². The lowest BCUT2D eigenvalue weighted by atomic mass is 9.87. The zero-order chi connectivity index (χ0) is 15.9. The van der Waals surface area contributed by atoms with Crippen LogP contribution in [0.3, 0.4) is 0 Å². The first-order chi connectivity index (χ1) is 10.5. The Hall–Kier alpha value is -1.59. The number of hydrogen-bond acceptors (Lipinski definition) is 3. The number of ether oxygens (including phenoxy) is 1. The van der Waals surface area contributed by atoms with Crippen molar-refractivity contribution in [1.82, 2.24) is 0 Å². The van der Waals surface area contributed by atoms with E-state index >= 15 is 0 Å². The highest BCUT2D eigenvalue weighted by molar-refractivity contribution is 9.10. The SMILES string of the molecule is COC(=O)C1(c2ccccc2)Cc2c(cc(F)c(Cl)c2Br)N1. The number of hydrogen-bond donors (Lipinski definition) is 1. The highest BCUT2D eigenvalue weighted by Crippen LogP contribution is 2.46. The Labute approximate surface area is 140 Å². The summed E-state index contributed by atoms with van der Waals surface area (Å²) in [5.41, 5.74) is 0.947. The second-order valence-corrected chi connectivity index (χ2v) is 6.25. The molecule has 1 N–H and O–H groups in total. The molecule has 0 aliphatic carbocycles. The standard InChI is InChI=1S/C16H12BrClFNO2/c1-22-15(21)16(9-5-3-2-4-6-9)8-10-12(20-16)7-11(19)14(18)13(10)17/h2-7,20H,8H2,1H3. The molecule has 1 aliphatic rings. The monoisotopic (exact) mass is 383 g/mol. The smallest absolute Gasteiger partial charge is 0.336 e. The number of methoxy groups -OCH3 is 1. The first kappa shape index (κ1) is 15.3. The number of esters is 1. The number of rotatable bonds is 2. The zero-order valence-corrected chi connectivity index (χ0v) is 14.0. The molecule has 0 saturated heterocycles. The van der Waals surface area contributed by atoms with Gasteiger partial charge in [0.05, 0.1) is 12.1 Å². The molecule has 1 aliphatic heterocycles. The fourth-order valence-corrected chi connectivity index (χ4v) is 3.48. The number of halogens is 3. The summed E-state index contributed by atoms with van der Waals surface area (Å²) in [7, 11) is 1.33. The van der Waals surface area contributed by atoms with E-state index in [9.17, 15) is 9.18 Å². The van der Waals surface area contributed by atoms with Gasteiger partial charge in [0.25, 0.3) is 0 Å². The van der Waals surface area contributed by atoms with Gasteiger partial charge in [-0.15, -0.1) is 0 Å². The minimum Gasteiger partial charge on any atom is -0.467 e. The molecule has 0 saturated carbocycles. The molecule has 0 amide bonds. The first-order valence-corrected chi connectivity index (χ1v) is 7.75. The lowest BCUT2D eigenvalue weighted by Crippen LogP contribution is -2.42. The van der Waals surface area contributed by atoms with Crippen LogP contribution in [-0.4, -0.2) is 13.1 Å². The normalized spacial score (nSPS) is 19.5. The van der Waals surface area contributed by atoms with E-state index in [1.807, 2.05) is 30.3 Å². The highest BCUT2D eigenvalue weighted by Gasteiger charge is 2.47. The van der Waals surface area contributed by atoms with Crippen molar-refractivity contribution in [2.45, 2.75) is 12.0 Å². The molecule has 2 aromatic carbocycles. The summed E-state index contributed by atoms with van der Waals surface area (Å²) in [6.07, 6.45) is 0.319. The van der Waals surface area contributed by atoms with Crippen LogP contribution in [0.2, 0.25) is 5.02 Å². The average Bonchev–Trinajstić information content (AvgIpc) is 2.93. The quantitative estimate of drug-likeness (QED) is 0.620. The topological polar surface area (TPSA) is 38.3 Å². The van der Waals surface area contributed by atoms with Crippen LogP contribution < -0.4 is 5.32 Å². The summed E-state index contributed by atoms with van der Waals surface area (Å²) in [5.74, 6) is -0.980. The van der Waals surface area contributed by atoms with Crippen molar-refractivity contribution in [3.8, 4) is 0 Å². The van der Waals surface area contributed by atoms with Crippen LogP contribution in [0.1, 0.15) is 11.1 Å². The zero-order valence-electron chi connectivity index (χ0n) is 11.6. The molecule has 0 aromatic heterocycles. The number of nitrogens with one attached hydrogen (secondary N) is 1. The number of anilines is 1. The van der Waals surface area contributed by atoms with Gasteiger partial charge in [-0.2, -0.15) is 0 Å². The molecule has 114 valence electrons. The average molecular weight is 385 g/mol. The van der Waals surface area contributed by atoms with Crippen molar-refractivity contribution in [3.05, 3.63) is 62.8 Å². The van der Waals surface area contributed by atoms with Crippen LogP contribution in [0.25, 0.3) is 0 Å². The molecule has 3 rings (SSSR count). The van der Waals surface area contributed by atoms with Crippen LogP contribution in [0.4, 0.5) is 10.1 Å². The Balaban J connectivity index is 2.17. The van der Waals surface area contributed by atoms with Gasteiger partial charge in [-0.25, -0.2) is 9.18 Å². The van der Waals surface area contributed by atoms with Crippen molar-refractivity contribution in [1.29, 1.82) is 0 Å². The van der Waals surface area contributed by atoms with Crippen LogP contribution in [0.15, 0.2) is 40.9 Å². The molecule has 0 fully saturated rings. The van der Waals surface area contributed by atoms with Gasteiger partial charge in [0.2, 0.25) is 0 Å². The molecule has 0 bridgehead atoms. The third-order valence-corrected chi connectivity index (χ3v) is 5.33. The summed E-state index contributed by atoms with van der Waals surface area (Å²) in [6, 6.07) is 10.5. The molecule has 1 unspecified atom stereocenters. The fraction of sp³-hybridized carbons (Fsp3) is 0.188. The number of carbonyl (C=O) groups excluding carboxylic acids is 1. The van der Waals surface area contributed by atoms with Gasteiger partial charge in [-0.05, 0) is 33.1 Å². The Morgan fingerprint density at radius 1 is 1.41 bits per heavy atom. The van der Waals surface area contributed by atoms with Crippen molar-refractivity contribution >= 4 is 39.2 Å². The van der Waals surface area contributed by atoms with Crippen LogP contribution >= 0.6 is 27.5 Å². The molecule has 0 spiro atoms. The minimum absolute atomic E-state index is 0.00859. The van der Waals surface area contributed by atoms with Crippen molar-refractivity contribution in [2.24, 2.45) is 0 Å².